The minimum Gasteiger partial charge on any atom is -0.503 e. The van der Waals surface area contributed by atoms with Crippen LogP contribution in [0.15, 0.2) is 73.1 Å². The Morgan fingerprint density at radius 3 is 2.18 bits per heavy atom. The zero-order valence-corrected chi connectivity index (χ0v) is 19.2. The maximum Gasteiger partial charge on any atom is 0.329 e. The highest BCUT2D eigenvalue weighted by Crippen LogP contribution is 2.53. The van der Waals surface area contributed by atoms with Crippen LogP contribution in [0.3, 0.4) is 0 Å². The van der Waals surface area contributed by atoms with Gasteiger partial charge in [0.2, 0.25) is 12.2 Å². The molecule has 1 saturated heterocycles. The van der Waals surface area contributed by atoms with Crippen LogP contribution in [0, 0.1) is 30.6 Å². The molecular formula is C27H26N3O4+. The van der Waals surface area contributed by atoms with Crippen molar-refractivity contribution in [2.24, 2.45) is 5.41 Å². The first kappa shape index (κ1) is 23.0. The fraction of sp³-hybridized carbons (Fsp3) is 0.259. The normalized spacial score (nSPS) is 24.1. The summed E-state index contributed by atoms with van der Waals surface area (Å²) in [5.41, 5.74) is 1.50. The van der Waals surface area contributed by atoms with Gasteiger partial charge < -0.3 is 15.2 Å². The van der Waals surface area contributed by atoms with Crippen molar-refractivity contribution in [1.82, 2.24) is 5.32 Å². The number of methoxy groups -OCH3 is 1. The lowest BCUT2D eigenvalue weighted by Crippen LogP contribution is -2.64. The average Bonchev–Trinajstić information content (AvgIpc) is 2.84. The topological polar surface area (TPSA) is 103 Å². The molecule has 7 heteroatoms. The smallest absolute Gasteiger partial charge is 0.329 e. The summed E-state index contributed by atoms with van der Waals surface area (Å²) in [5, 5.41) is 23.7. The summed E-state index contributed by atoms with van der Waals surface area (Å²) < 4.78 is 6.74. The van der Waals surface area contributed by atoms with E-state index in [2.05, 4.69) is 11.4 Å². The Labute approximate surface area is 198 Å². The number of esters is 1. The summed E-state index contributed by atoms with van der Waals surface area (Å²) in [5.74, 6) is -2.06. The number of carbonyl (C=O) groups excluding carboxylic acids is 2. The average molecular weight is 457 g/mol. The Morgan fingerprint density at radius 1 is 1.06 bits per heavy atom. The van der Waals surface area contributed by atoms with Crippen LogP contribution in [0.1, 0.15) is 40.3 Å². The van der Waals surface area contributed by atoms with Gasteiger partial charge in [-0.1, -0.05) is 59.7 Å². The summed E-state index contributed by atoms with van der Waals surface area (Å²) in [4.78, 5) is 27.2. The van der Waals surface area contributed by atoms with E-state index in [1.165, 1.54) is 23.9 Å². The maximum absolute atomic E-state index is 13.6. The predicted octanol–water partition coefficient (Wildman–Crippen LogP) is 3.18. The van der Waals surface area contributed by atoms with E-state index >= 15 is 0 Å². The highest BCUT2D eigenvalue weighted by molar-refractivity contribution is 5.90. The van der Waals surface area contributed by atoms with Crippen molar-refractivity contribution < 1.29 is 24.0 Å². The lowest BCUT2D eigenvalue weighted by atomic mass is 9.61. The highest BCUT2D eigenvalue weighted by atomic mass is 16.5. The van der Waals surface area contributed by atoms with E-state index in [-0.39, 0.29) is 11.7 Å². The number of benzene rings is 2. The lowest BCUT2D eigenvalue weighted by Gasteiger charge is -2.44. The number of piperidine rings is 1. The number of carbonyl (C=O) groups is 2. The van der Waals surface area contributed by atoms with Crippen molar-refractivity contribution in [1.29, 1.82) is 5.26 Å². The fourth-order valence-corrected chi connectivity index (χ4v) is 4.80. The molecular weight excluding hydrogens is 430 g/mol. The third-order valence-electron chi connectivity index (χ3n) is 6.50. The van der Waals surface area contributed by atoms with Crippen molar-refractivity contribution >= 4 is 11.9 Å². The fourth-order valence-electron chi connectivity index (χ4n) is 4.80. The molecule has 0 radical (unpaired) electrons. The number of nitrogens with one attached hydrogen (secondary N) is 1. The third-order valence-corrected chi connectivity index (χ3v) is 6.50. The SMILES string of the molecule is COC(=O)C1(C#N)C(c2ccc(C)cc2)NC(=O)C([n+]2cccc(O)c2)C1c1ccc(C)cc1. The minimum atomic E-state index is -1.78. The summed E-state index contributed by atoms with van der Waals surface area (Å²) in [6, 6.07) is 18.2. The number of aromatic nitrogens is 1. The molecule has 4 unspecified atom stereocenters. The highest BCUT2D eigenvalue weighted by Gasteiger charge is 2.65. The molecule has 2 aromatic carbocycles. The maximum atomic E-state index is 13.6. The Bertz CT molecular complexity index is 1260. The number of aromatic hydroxyl groups is 1. The molecule has 1 amide bonds. The Balaban J connectivity index is 2.02. The number of nitriles is 1. The number of amides is 1. The molecule has 172 valence electrons. The van der Waals surface area contributed by atoms with Gasteiger partial charge in [0.15, 0.2) is 17.4 Å². The quantitative estimate of drug-likeness (QED) is 0.464. The summed E-state index contributed by atoms with van der Waals surface area (Å²) in [6.45, 7) is 3.87. The van der Waals surface area contributed by atoms with Gasteiger partial charge in [0.1, 0.15) is 0 Å². The van der Waals surface area contributed by atoms with Gasteiger partial charge in [-0.2, -0.15) is 9.83 Å². The van der Waals surface area contributed by atoms with E-state index in [4.69, 9.17) is 4.74 Å². The van der Waals surface area contributed by atoms with Crippen LogP contribution in [0.4, 0.5) is 0 Å². The zero-order chi connectivity index (χ0) is 24.5. The lowest BCUT2D eigenvalue weighted by molar-refractivity contribution is -0.715. The molecule has 0 saturated carbocycles. The van der Waals surface area contributed by atoms with Gasteiger partial charge in [0, 0.05) is 6.07 Å². The Kier molecular flexibility index (Phi) is 6.08. The second-order valence-corrected chi connectivity index (χ2v) is 8.67. The first-order valence-electron chi connectivity index (χ1n) is 10.9. The van der Waals surface area contributed by atoms with E-state index in [0.29, 0.717) is 11.1 Å². The van der Waals surface area contributed by atoms with Crippen molar-refractivity contribution in [2.45, 2.75) is 31.8 Å². The monoisotopic (exact) mass is 456 g/mol. The number of ether oxygens (including phenoxy) is 1. The zero-order valence-electron chi connectivity index (χ0n) is 19.2. The third kappa shape index (κ3) is 3.77. The molecule has 2 heterocycles. The van der Waals surface area contributed by atoms with Crippen molar-refractivity contribution in [2.75, 3.05) is 7.11 Å². The molecule has 0 aliphatic carbocycles. The Morgan fingerprint density at radius 2 is 1.65 bits per heavy atom. The van der Waals surface area contributed by atoms with Crippen LogP contribution >= 0.6 is 0 Å². The summed E-state index contributed by atoms with van der Waals surface area (Å²) in [7, 11) is 1.24. The summed E-state index contributed by atoms with van der Waals surface area (Å²) >= 11 is 0. The van der Waals surface area contributed by atoms with Gasteiger partial charge in [-0.15, -0.1) is 0 Å². The second-order valence-electron chi connectivity index (χ2n) is 8.67. The van der Waals surface area contributed by atoms with Crippen molar-refractivity contribution in [3.05, 3.63) is 95.3 Å². The molecule has 7 nitrogen and oxygen atoms in total. The van der Waals surface area contributed by atoms with Gasteiger partial charge in [0.25, 0.3) is 5.91 Å². The molecule has 3 aromatic rings. The van der Waals surface area contributed by atoms with Crippen LogP contribution < -0.4 is 9.88 Å². The van der Waals surface area contributed by atoms with E-state index in [1.807, 2.05) is 62.4 Å². The molecule has 1 aliphatic heterocycles. The minimum absolute atomic E-state index is 0.0424. The standard InChI is InChI=1S/C27H25N3O4/c1-17-6-10-19(11-7-17)22-23(30-14-4-5-21(31)15-30)25(32)29-24(20-12-8-18(2)9-13-20)27(22,16-28)26(33)34-3/h4-15,22-24H,1-3H3,(H-,29,31,32)/p+1. The van der Waals surface area contributed by atoms with Crippen LogP contribution in [0.2, 0.25) is 0 Å². The van der Waals surface area contributed by atoms with Gasteiger partial charge in [0.05, 0.1) is 25.1 Å². The van der Waals surface area contributed by atoms with Crippen molar-refractivity contribution in [3.8, 4) is 11.8 Å². The number of hydrogen-bond acceptors (Lipinski definition) is 5. The molecule has 2 N–H and O–H groups in total. The van der Waals surface area contributed by atoms with Gasteiger partial charge in [-0.05, 0) is 31.0 Å². The van der Waals surface area contributed by atoms with Gasteiger partial charge in [-0.3, -0.25) is 9.59 Å². The molecule has 0 spiro atoms. The van der Waals surface area contributed by atoms with E-state index in [0.717, 1.165) is 11.1 Å². The van der Waals surface area contributed by atoms with E-state index < -0.39 is 29.4 Å². The number of aryl methyl sites for hydroxylation is 2. The van der Waals surface area contributed by atoms with Crippen molar-refractivity contribution in [3.63, 3.8) is 0 Å². The first-order valence-corrected chi connectivity index (χ1v) is 10.9. The molecule has 34 heavy (non-hydrogen) atoms. The molecule has 1 aliphatic rings. The number of nitrogens with zero attached hydrogens (tertiary/aromatic N) is 2. The second kappa shape index (κ2) is 8.99. The van der Waals surface area contributed by atoms with Crippen LogP contribution in [0.5, 0.6) is 5.75 Å². The predicted molar refractivity (Wildman–Crippen MR) is 123 cm³/mol. The summed E-state index contributed by atoms with van der Waals surface area (Å²) in [6.07, 6.45) is 3.05. The number of hydrogen-bond donors (Lipinski definition) is 2. The molecule has 4 rings (SSSR count). The van der Waals surface area contributed by atoms with Crippen LogP contribution in [-0.2, 0) is 14.3 Å². The number of rotatable bonds is 4. The first-order chi connectivity index (χ1) is 16.3. The van der Waals surface area contributed by atoms with Crippen LogP contribution in [-0.4, -0.2) is 24.1 Å². The molecule has 4 atom stereocenters. The van der Waals surface area contributed by atoms with Gasteiger partial charge >= 0.3 is 5.97 Å². The largest absolute Gasteiger partial charge is 0.503 e. The van der Waals surface area contributed by atoms with E-state index in [1.54, 1.807) is 12.3 Å². The van der Waals surface area contributed by atoms with Crippen LogP contribution in [0.25, 0.3) is 0 Å². The molecule has 0 bridgehead atoms. The van der Waals surface area contributed by atoms with E-state index in [9.17, 15) is 20.0 Å². The van der Waals surface area contributed by atoms with Gasteiger partial charge in [-0.25, -0.2) is 0 Å². The number of pyridine rings is 1. The Hall–Kier alpha value is -4.18. The molecule has 1 aromatic heterocycles. The molecule has 1 fully saturated rings.